The largest absolute Gasteiger partial charge is 0.374 e. The number of aromatic nitrogens is 3. The van der Waals surface area contributed by atoms with Crippen LogP contribution in [0, 0.1) is 0 Å². The molecule has 0 saturated heterocycles. The molecule has 1 aromatic carbocycles. The van der Waals surface area contributed by atoms with Crippen molar-refractivity contribution in [1.82, 2.24) is 15.2 Å². The molecule has 3 aromatic rings. The number of ether oxygens (including phenoxy) is 1. The highest BCUT2D eigenvalue weighted by atomic mass is 32.1. The van der Waals surface area contributed by atoms with Crippen molar-refractivity contribution in [2.75, 3.05) is 12.4 Å². The van der Waals surface area contributed by atoms with Crippen molar-refractivity contribution in [3.63, 3.8) is 0 Å². The minimum atomic E-state index is -0.0475. The van der Waals surface area contributed by atoms with Crippen molar-refractivity contribution in [2.45, 2.75) is 13.0 Å². The SMILES string of the molecule is COC(C)c1nnc(Nc2cncc3ccccc23)s1. The molecule has 1 N–H and O–H groups in total. The molecule has 3 rings (SSSR count). The third-order valence-corrected chi connectivity index (χ3v) is 4.05. The number of benzene rings is 1. The Hall–Kier alpha value is -2.05. The summed E-state index contributed by atoms with van der Waals surface area (Å²) in [6.45, 7) is 1.95. The van der Waals surface area contributed by atoms with E-state index in [1.807, 2.05) is 31.3 Å². The van der Waals surface area contributed by atoms with Gasteiger partial charge in [0.2, 0.25) is 5.13 Å². The van der Waals surface area contributed by atoms with Gasteiger partial charge in [-0.3, -0.25) is 4.98 Å². The standard InChI is InChI=1S/C14H14N4OS/c1-9(19-2)13-17-18-14(20-13)16-12-8-15-7-10-5-3-4-6-11(10)12/h3-9H,1-2H3,(H,16,18). The first-order valence-electron chi connectivity index (χ1n) is 6.24. The van der Waals surface area contributed by atoms with E-state index >= 15 is 0 Å². The summed E-state index contributed by atoms with van der Waals surface area (Å²) < 4.78 is 5.24. The summed E-state index contributed by atoms with van der Waals surface area (Å²) in [5.41, 5.74) is 0.927. The Kier molecular flexibility index (Phi) is 3.58. The average molecular weight is 286 g/mol. The van der Waals surface area contributed by atoms with Crippen LogP contribution >= 0.6 is 11.3 Å². The average Bonchev–Trinajstić information content (AvgIpc) is 2.95. The number of nitrogens with one attached hydrogen (secondary N) is 1. The molecular formula is C14H14N4OS. The lowest BCUT2D eigenvalue weighted by Gasteiger charge is -2.06. The molecular weight excluding hydrogens is 272 g/mol. The van der Waals surface area contributed by atoms with Crippen molar-refractivity contribution in [3.8, 4) is 0 Å². The monoisotopic (exact) mass is 286 g/mol. The third-order valence-electron chi connectivity index (χ3n) is 3.05. The number of hydrogen-bond donors (Lipinski definition) is 1. The zero-order valence-electron chi connectivity index (χ0n) is 11.2. The lowest BCUT2D eigenvalue weighted by atomic mass is 10.1. The minimum absolute atomic E-state index is 0.0475. The Bertz CT molecular complexity index is 723. The highest BCUT2D eigenvalue weighted by Crippen LogP contribution is 2.29. The Morgan fingerprint density at radius 2 is 2.05 bits per heavy atom. The number of nitrogens with zero attached hydrogens (tertiary/aromatic N) is 3. The molecule has 2 aromatic heterocycles. The van der Waals surface area contributed by atoms with Crippen molar-refractivity contribution >= 4 is 32.9 Å². The highest BCUT2D eigenvalue weighted by Gasteiger charge is 2.11. The number of methoxy groups -OCH3 is 1. The van der Waals surface area contributed by atoms with E-state index < -0.39 is 0 Å². The second-order valence-corrected chi connectivity index (χ2v) is 5.37. The van der Waals surface area contributed by atoms with E-state index in [0.29, 0.717) is 0 Å². The number of fused-ring (bicyclic) bond motifs is 1. The fourth-order valence-corrected chi connectivity index (χ4v) is 2.67. The molecule has 0 radical (unpaired) electrons. The predicted octanol–water partition coefficient (Wildman–Crippen LogP) is 3.54. The molecule has 0 aliphatic carbocycles. The number of pyridine rings is 1. The van der Waals surface area contributed by atoms with E-state index in [1.54, 1.807) is 13.3 Å². The van der Waals surface area contributed by atoms with Gasteiger partial charge < -0.3 is 10.1 Å². The van der Waals surface area contributed by atoms with Gasteiger partial charge in [0.25, 0.3) is 0 Å². The maximum atomic E-state index is 5.24. The quantitative estimate of drug-likeness (QED) is 0.795. The highest BCUT2D eigenvalue weighted by molar-refractivity contribution is 7.15. The fraction of sp³-hybridized carbons (Fsp3) is 0.214. The van der Waals surface area contributed by atoms with Crippen LogP contribution in [0.25, 0.3) is 10.8 Å². The molecule has 20 heavy (non-hydrogen) atoms. The maximum Gasteiger partial charge on any atom is 0.210 e. The van der Waals surface area contributed by atoms with Crippen LogP contribution in [0.2, 0.25) is 0 Å². The smallest absolute Gasteiger partial charge is 0.210 e. The minimum Gasteiger partial charge on any atom is -0.374 e. The van der Waals surface area contributed by atoms with Crippen molar-refractivity contribution in [1.29, 1.82) is 0 Å². The summed E-state index contributed by atoms with van der Waals surface area (Å²) >= 11 is 1.48. The molecule has 2 heterocycles. The predicted molar refractivity (Wildman–Crippen MR) is 80.4 cm³/mol. The van der Waals surface area contributed by atoms with Gasteiger partial charge in [-0.25, -0.2) is 0 Å². The van der Waals surface area contributed by atoms with Gasteiger partial charge in [0.15, 0.2) is 0 Å². The summed E-state index contributed by atoms with van der Waals surface area (Å²) in [7, 11) is 1.66. The molecule has 6 heteroatoms. The van der Waals surface area contributed by atoms with E-state index in [1.165, 1.54) is 11.3 Å². The van der Waals surface area contributed by atoms with Gasteiger partial charge >= 0.3 is 0 Å². The number of hydrogen-bond acceptors (Lipinski definition) is 6. The molecule has 102 valence electrons. The number of anilines is 2. The van der Waals surface area contributed by atoms with Crippen LogP contribution in [0.4, 0.5) is 10.8 Å². The first-order chi connectivity index (χ1) is 9.78. The van der Waals surface area contributed by atoms with Gasteiger partial charge in [-0.2, -0.15) is 0 Å². The Morgan fingerprint density at radius 1 is 1.20 bits per heavy atom. The fourth-order valence-electron chi connectivity index (χ4n) is 1.88. The first kappa shape index (κ1) is 13.0. The van der Waals surface area contributed by atoms with Crippen LogP contribution < -0.4 is 5.32 Å². The van der Waals surface area contributed by atoms with Gasteiger partial charge in [0.1, 0.15) is 11.1 Å². The molecule has 0 amide bonds. The zero-order valence-corrected chi connectivity index (χ0v) is 12.0. The van der Waals surface area contributed by atoms with Gasteiger partial charge in [-0.05, 0) is 6.92 Å². The third kappa shape index (κ3) is 2.48. The molecule has 5 nitrogen and oxygen atoms in total. The molecule has 0 saturated carbocycles. The van der Waals surface area contributed by atoms with E-state index in [9.17, 15) is 0 Å². The normalized spacial score (nSPS) is 12.5. The number of rotatable bonds is 4. The molecule has 0 aliphatic heterocycles. The lowest BCUT2D eigenvalue weighted by Crippen LogP contribution is -1.93. The van der Waals surface area contributed by atoms with E-state index in [4.69, 9.17) is 4.74 Å². The maximum absolute atomic E-state index is 5.24. The molecule has 0 spiro atoms. The van der Waals surface area contributed by atoms with Crippen LogP contribution in [-0.2, 0) is 4.74 Å². The van der Waals surface area contributed by atoms with Gasteiger partial charge in [-0.15, -0.1) is 10.2 Å². The van der Waals surface area contributed by atoms with Crippen LogP contribution in [0.15, 0.2) is 36.7 Å². The van der Waals surface area contributed by atoms with Gasteiger partial charge in [-0.1, -0.05) is 35.6 Å². The summed E-state index contributed by atoms with van der Waals surface area (Å²) in [5.74, 6) is 0. The second kappa shape index (κ2) is 5.52. The summed E-state index contributed by atoms with van der Waals surface area (Å²) in [6, 6.07) is 8.09. The second-order valence-electron chi connectivity index (χ2n) is 4.36. The van der Waals surface area contributed by atoms with Crippen LogP contribution in [-0.4, -0.2) is 22.3 Å². The van der Waals surface area contributed by atoms with Crippen molar-refractivity contribution in [3.05, 3.63) is 41.7 Å². The molecule has 0 aliphatic rings. The van der Waals surface area contributed by atoms with Gasteiger partial charge in [0, 0.05) is 24.1 Å². The molecule has 1 atom stereocenters. The summed E-state index contributed by atoms with van der Waals surface area (Å²) in [6.07, 6.45) is 3.59. The lowest BCUT2D eigenvalue weighted by molar-refractivity contribution is 0.118. The first-order valence-corrected chi connectivity index (χ1v) is 7.05. The Balaban J connectivity index is 1.91. The van der Waals surface area contributed by atoms with Gasteiger partial charge in [0.05, 0.1) is 11.9 Å². The summed E-state index contributed by atoms with van der Waals surface area (Å²) in [5, 5.41) is 15.3. The van der Waals surface area contributed by atoms with Crippen LogP contribution in [0.5, 0.6) is 0 Å². The molecule has 0 bridgehead atoms. The van der Waals surface area contributed by atoms with E-state index in [0.717, 1.165) is 26.6 Å². The molecule has 1 unspecified atom stereocenters. The van der Waals surface area contributed by atoms with Crippen molar-refractivity contribution in [2.24, 2.45) is 0 Å². The summed E-state index contributed by atoms with van der Waals surface area (Å²) in [4.78, 5) is 4.24. The molecule has 0 fully saturated rings. The topological polar surface area (TPSA) is 59.9 Å². The van der Waals surface area contributed by atoms with E-state index in [2.05, 4.69) is 26.6 Å². The zero-order chi connectivity index (χ0) is 13.9. The Labute approximate surface area is 120 Å². The van der Waals surface area contributed by atoms with Crippen LogP contribution in [0.3, 0.4) is 0 Å². The van der Waals surface area contributed by atoms with Crippen molar-refractivity contribution < 1.29 is 4.74 Å². The Morgan fingerprint density at radius 3 is 2.90 bits per heavy atom. The van der Waals surface area contributed by atoms with Crippen LogP contribution in [0.1, 0.15) is 18.0 Å². The van der Waals surface area contributed by atoms with E-state index in [-0.39, 0.29) is 6.10 Å².